The molecule has 30 heavy (non-hydrogen) atoms. The summed E-state index contributed by atoms with van der Waals surface area (Å²) in [6.07, 6.45) is 1.34. The number of hydrogen-bond donors (Lipinski definition) is 1. The van der Waals surface area contributed by atoms with Gasteiger partial charge >= 0.3 is 0 Å². The minimum Gasteiger partial charge on any atom is -0.487 e. The highest BCUT2D eigenvalue weighted by molar-refractivity contribution is 6.21. The van der Waals surface area contributed by atoms with Crippen molar-refractivity contribution < 1.29 is 19.1 Å². The van der Waals surface area contributed by atoms with Crippen LogP contribution in [0.1, 0.15) is 71.0 Å². The Morgan fingerprint density at radius 2 is 1.80 bits per heavy atom. The van der Waals surface area contributed by atoms with Crippen LogP contribution in [0.3, 0.4) is 0 Å². The molecule has 4 rings (SSSR count). The maximum Gasteiger partial charge on any atom is 0.261 e. The third kappa shape index (κ3) is 3.82. The van der Waals surface area contributed by atoms with E-state index in [1.54, 1.807) is 24.3 Å². The third-order valence-electron chi connectivity index (χ3n) is 5.62. The van der Waals surface area contributed by atoms with Gasteiger partial charge in [-0.3, -0.25) is 19.3 Å². The number of imide groups is 1. The van der Waals surface area contributed by atoms with Crippen LogP contribution in [-0.2, 0) is 4.79 Å². The van der Waals surface area contributed by atoms with Crippen molar-refractivity contribution >= 4 is 17.7 Å². The molecular formula is C24H26N2O4. The van der Waals surface area contributed by atoms with Gasteiger partial charge in [-0.25, -0.2) is 0 Å². The van der Waals surface area contributed by atoms with Crippen LogP contribution in [0.5, 0.6) is 5.75 Å². The number of nitrogens with zero attached hydrogens (tertiary/aromatic N) is 1. The molecule has 0 fully saturated rings. The summed E-state index contributed by atoms with van der Waals surface area (Å²) in [6, 6.07) is 12.7. The number of rotatable bonds is 5. The number of benzene rings is 2. The summed E-state index contributed by atoms with van der Waals surface area (Å²) in [7, 11) is 0. The number of amides is 3. The monoisotopic (exact) mass is 406 g/mol. The van der Waals surface area contributed by atoms with E-state index in [1.165, 1.54) is 4.90 Å². The van der Waals surface area contributed by atoms with Crippen LogP contribution in [0.25, 0.3) is 0 Å². The van der Waals surface area contributed by atoms with Crippen LogP contribution in [-0.4, -0.2) is 34.8 Å². The van der Waals surface area contributed by atoms with Crippen molar-refractivity contribution in [2.45, 2.75) is 51.7 Å². The van der Waals surface area contributed by atoms with Crippen LogP contribution >= 0.6 is 0 Å². The van der Waals surface area contributed by atoms with Crippen molar-refractivity contribution in [3.63, 3.8) is 0 Å². The molecule has 0 aromatic heterocycles. The van der Waals surface area contributed by atoms with E-state index in [9.17, 15) is 14.4 Å². The number of nitrogens with one attached hydrogen (secondary N) is 1. The first-order valence-electron chi connectivity index (χ1n) is 10.3. The van der Waals surface area contributed by atoms with E-state index in [-0.39, 0.29) is 42.3 Å². The number of fused-ring (bicyclic) bond motifs is 2. The number of carbonyl (C=O) groups is 3. The van der Waals surface area contributed by atoms with Crippen molar-refractivity contribution in [3.05, 3.63) is 64.7 Å². The molecule has 156 valence electrons. The molecule has 0 saturated carbocycles. The molecule has 3 amide bonds. The number of hydrogen-bond acceptors (Lipinski definition) is 4. The largest absolute Gasteiger partial charge is 0.487 e. The van der Waals surface area contributed by atoms with Crippen molar-refractivity contribution in [3.8, 4) is 5.75 Å². The Hall–Kier alpha value is -3.15. The van der Waals surface area contributed by atoms with E-state index in [0.717, 1.165) is 16.9 Å². The fourth-order valence-electron chi connectivity index (χ4n) is 4.21. The molecule has 2 aliphatic heterocycles. The highest BCUT2D eigenvalue weighted by Crippen LogP contribution is 2.39. The summed E-state index contributed by atoms with van der Waals surface area (Å²) in [4.78, 5) is 38.7. The summed E-state index contributed by atoms with van der Waals surface area (Å²) in [6.45, 7) is 6.27. The van der Waals surface area contributed by atoms with E-state index in [4.69, 9.17) is 4.74 Å². The molecule has 2 heterocycles. The van der Waals surface area contributed by atoms with Gasteiger partial charge < -0.3 is 10.1 Å². The first-order chi connectivity index (χ1) is 14.2. The second-order valence-electron chi connectivity index (χ2n) is 8.64. The zero-order valence-electron chi connectivity index (χ0n) is 17.5. The lowest BCUT2D eigenvalue weighted by atomic mass is 9.89. The van der Waals surface area contributed by atoms with E-state index in [0.29, 0.717) is 24.0 Å². The zero-order valence-corrected chi connectivity index (χ0v) is 17.5. The maximum absolute atomic E-state index is 12.6. The van der Waals surface area contributed by atoms with Crippen LogP contribution < -0.4 is 10.1 Å². The average Bonchev–Trinajstić information content (AvgIpc) is 2.93. The first kappa shape index (κ1) is 20.1. The lowest BCUT2D eigenvalue weighted by molar-refractivity contribution is -0.122. The molecule has 0 spiro atoms. The molecular weight excluding hydrogens is 380 g/mol. The summed E-state index contributed by atoms with van der Waals surface area (Å²) in [5.41, 5.74) is 2.59. The Balaban J connectivity index is 1.37. The quantitative estimate of drug-likeness (QED) is 0.767. The van der Waals surface area contributed by atoms with Gasteiger partial charge in [0.15, 0.2) is 0 Å². The Bertz CT molecular complexity index is 993. The molecule has 2 aromatic carbocycles. The van der Waals surface area contributed by atoms with Crippen molar-refractivity contribution in [2.24, 2.45) is 0 Å². The van der Waals surface area contributed by atoms with Crippen molar-refractivity contribution in [2.75, 3.05) is 6.54 Å². The zero-order chi connectivity index (χ0) is 21.5. The Kier molecular flexibility index (Phi) is 5.10. The predicted octanol–water partition coefficient (Wildman–Crippen LogP) is 3.79. The van der Waals surface area contributed by atoms with E-state index in [1.807, 2.05) is 39.0 Å². The SMILES string of the molecule is Cc1ccc2c(c1)[C@H](NC(=O)CCCN1C(=O)c3ccccc3C1=O)CC(C)(C)O2. The number of aryl methyl sites for hydroxylation is 1. The number of carbonyl (C=O) groups excluding carboxylic acids is 3. The lowest BCUT2D eigenvalue weighted by Crippen LogP contribution is -2.41. The average molecular weight is 406 g/mol. The molecule has 1 N–H and O–H groups in total. The highest BCUT2D eigenvalue weighted by atomic mass is 16.5. The van der Waals surface area contributed by atoms with Crippen LogP contribution in [0.4, 0.5) is 0 Å². The van der Waals surface area contributed by atoms with E-state index < -0.39 is 0 Å². The van der Waals surface area contributed by atoms with Gasteiger partial charge in [-0.1, -0.05) is 29.8 Å². The highest BCUT2D eigenvalue weighted by Gasteiger charge is 2.36. The third-order valence-corrected chi connectivity index (χ3v) is 5.62. The van der Waals surface area contributed by atoms with Crippen molar-refractivity contribution in [1.82, 2.24) is 10.2 Å². The molecule has 6 heteroatoms. The second-order valence-corrected chi connectivity index (χ2v) is 8.64. The molecule has 6 nitrogen and oxygen atoms in total. The fraction of sp³-hybridized carbons (Fsp3) is 0.375. The van der Waals surface area contributed by atoms with Gasteiger partial charge in [0.1, 0.15) is 11.4 Å². The van der Waals surface area contributed by atoms with Crippen molar-refractivity contribution in [1.29, 1.82) is 0 Å². The lowest BCUT2D eigenvalue weighted by Gasteiger charge is -2.38. The minimum absolute atomic E-state index is 0.0956. The van der Waals surface area contributed by atoms with E-state index in [2.05, 4.69) is 5.32 Å². The Morgan fingerprint density at radius 3 is 2.47 bits per heavy atom. The van der Waals surface area contributed by atoms with Gasteiger partial charge in [0, 0.05) is 24.9 Å². The molecule has 0 radical (unpaired) electrons. The van der Waals surface area contributed by atoms with Crippen LogP contribution in [0.2, 0.25) is 0 Å². The van der Waals surface area contributed by atoms with Gasteiger partial charge in [-0.15, -0.1) is 0 Å². The molecule has 0 unspecified atom stereocenters. The fourth-order valence-corrected chi connectivity index (χ4v) is 4.21. The van der Waals surface area contributed by atoms with Gasteiger partial charge in [-0.2, -0.15) is 0 Å². The van der Waals surface area contributed by atoms with Gasteiger partial charge in [0.2, 0.25) is 5.91 Å². The summed E-state index contributed by atoms with van der Waals surface area (Å²) in [5, 5.41) is 3.12. The van der Waals surface area contributed by atoms with Crippen LogP contribution in [0.15, 0.2) is 42.5 Å². The summed E-state index contributed by atoms with van der Waals surface area (Å²) >= 11 is 0. The molecule has 0 aliphatic carbocycles. The Morgan fingerprint density at radius 1 is 1.13 bits per heavy atom. The second kappa shape index (κ2) is 7.59. The van der Waals surface area contributed by atoms with Gasteiger partial charge in [0.25, 0.3) is 11.8 Å². The predicted molar refractivity (Wildman–Crippen MR) is 112 cm³/mol. The van der Waals surface area contributed by atoms with Gasteiger partial charge in [0.05, 0.1) is 17.2 Å². The summed E-state index contributed by atoms with van der Waals surface area (Å²) < 4.78 is 6.06. The minimum atomic E-state index is -0.375. The smallest absolute Gasteiger partial charge is 0.261 e. The maximum atomic E-state index is 12.6. The Labute approximate surface area is 176 Å². The summed E-state index contributed by atoms with van der Waals surface area (Å²) in [5.74, 6) is 0.133. The molecule has 2 aromatic rings. The molecule has 1 atom stereocenters. The first-order valence-corrected chi connectivity index (χ1v) is 10.3. The topological polar surface area (TPSA) is 75.7 Å². The van der Waals surface area contributed by atoms with Gasteiger partial charge in [-0.05, 0) is 45.4 Å². The molecule has 0 bridgehead atoms. The van der Waals surface area contributed by atoms with Crippen LogP contribution in [0, 0.1) is 6.92 Å². The molecule has 0 saturated heterocycles. The number of ether oxygens (including phenoxy) is 1. The standard InChI is InChI=1S/C24H26N2O4/c1-15-10-11-20-18(13-15)19(14-24(2,3)30-20)25-21(27)9-6-12-26-22(28)16-7-4-5-8-17(16)23(26)29/h4-5,7-8,10-11,13,19H,6,9,12,14H2,1-3H3,(H,25,27)/t19-/m1/s1. The normalized spacial score (nSPS) is 19.2. The molecule has 2 aliphatic rings. The van der Waals surface area contributed by atoms with E-state index >= 15 is 0 Å².